The zero-order valence-corrected chi connectivity index (χ0v) is 18.2. The molecular weight excluding hydrogens is 402 g/mol. The van der Waals surface area contributed by atoms with Crippen LogP contribution in [0.4, 0.5) is 5.69 Å². The van der Waals surface area contributed by atoms with Crippen molar-refractivity contribution in [2.24, 2.45) is 5.92 Å². The van der Waals surface area contributed by atoms with Gasteiger partial charge in [-0.15, -0.1) is 0 Å². The summed E-state index contributed by atoms with van der Waals surface area (Å²) < 4.78 is 7.42. The van der Waals surface area contributed by atoms with Gasteiger partial charge in [0, 0.05) is 24.4 Å². The SMILES string of the molecule is CC(=O)Oc1c(-c2ccc(NC(=O)C3CCCC3)cc2)c(C2CC2)nn1-c1ccccc1. The molecule has 2 fully saturated rings. The number of hydrogen-bond donors (Lipinski definition) is 1. The van der Waals surface area contributed by atoms with Crippen LogP contribution in [0, 0.1) is 5.92 Å². The second-order valence-corrected chi connectivity index (χ2v) is 8.73. The Hall–Kier alpha value is -3.41. The number of hydrogen-bond acceptors (Lipinski definition) is 4. The van der Waals surface area contributed by atoms with Crippen molar-refractivity contribution in [3.63, 3.8) is 0 Å². The van der Waals surface area contributed by atoms with E-state index in [1.54, 1.807) is 4.68 Å². The number of nitrogens with zero attached hydrogens (tertiary/aromatic N) is 2. The molecule has 2 aliphatic rings. The van der Waals surface area contributed by atoms with E-state index in [1.165, 1.54) is 6.92 Å². The molecule has 2 aromatic carbocycles. The fraction of sp³-hybridized carbons (Fsp3) is 0.346. The molecule has 6 heteroatoms. The van der Waals surface area contributed by atoms with Crippen LogP contribution >= 0.6 is 0 Å². The van der Waals surface area contributed by atoms with Gasteiger partial charge in [-0.25, -0.2) is 0 Å². The predicted molar refractivity (Wildman–Crippen MR) is 123 cm³/mol. The van der Waals surface area contributed by atoms with Crippen molar-refractivity contribution in [1.82, 2.24) is 9.78 Å². The molecule has 0 atom stereocenters. The third-order valence-electron chi connectivity index (χ3n) is 6.24. The van der Waals surface area contributed by atoms with Crippen LogP contribution in [-0.2, 0) is 9.59 Å². The van der Waals surface area contributed by atoms with Crippen LogP contribution in [0.5, 0.6) is 5.88 Å². The zero-order chi connectivity index (χ0) is 22.1. The lowest BCUT2D eigenvalue weighted by atomic mass is 10.0. The van der Waals surface area contributed by atoms with E-state index in [1.807, 2.05) is 54.6 Å². The lowest BCUT2D eigenvalue weighted by Crippen LogP contribution is -2.20. The van der Waals surface area contributed by atoms with E-state index in [9.17, 15) is 9.59 Å². The van der Waals surface area contributed by atoms with Crippen LogP contribution in [0.1, 0.15) is 57.1 Å². The largest absolute Gasteiger partial charge is 0.407 e. The lowest BCUT2D eigenvalue weighted by molar-refractivity contribution is -0.132. The summed E-state index contributed by atoms with van der Waals surface area (Å²) >= 11 is 0. The Morgan fingerprint density at radius 2 is 1.66 bits per heavy atom. The number of ether oxygens (including phenoxy) is 1. The van der Waals surface area contributed by atoms with Gasteiger partial charge in [-0.2, -0.15) is 9.78 Å². The Kier molecular flexibility index (Phi) is 5.52. The van der Waals surface area contributed by atoms with Crippen LogP contribution in [0.2, 0.25) is 0 Å². The molecule has 0 radical (unpaired) electrons. The van der Waals surface area contributed by atoms with Crippen LogP contribution < -0.4 is 10.1 Å². The molecule has 2 aliphatic carbocycles. The normalized spacial score (nSPS) is 16.2. The Labute approximate surface area is 187 Å². The van der Waals surface area contributed by atoms with Crippen molar-refractivity contribution in [3.8, 4) is 22.7 Å². The van der Waals surface area contributed by atoms with Gasteiger partial charge in [-0.3, -0.25) is 9.59 Å². The van der Waals surface area contributed by atoms with E-state index < -0.39 is 0 Å². The van der Waals surface area contributed by atoms with Gasteiger partial charge >= 0.3 is 5.97 Å². The zero-order valence-electron chi connectivity index (χ0n) is 18.2. The van der Waals surface area contributed by atoms with Gasteiger partial charge in [0.25, 0.3) is 0 Å². The first kappa shape index (κ1) is 20.5. The van der Waals surface area contributed by atoms with Crippen molar-refractivity contribution >= 4 is 17.6 Å². The molecular formula is C26H27N3O3. The molecule has 0 spiro atoms. The number of carbonyl (C=O) groups is 2. The van der Waals surface area contributed by atoms with E-state index in [2.05, 4.69) is 5.32 Å². The monoisotopic (exact) mass is 429 g/mol. The molecule has 1 amide bonds. The van der Waals surface area contributed by atoms with E-state index in [0.717, 1.165) is 66.7 Å². The molecule has 0 saturated heterocycles. The number of anilines is 1. The molecule has 1 aromatic heterocycles. The lowest BCUT2D eigenvalue weighted by Gasteiger charge is -2.12. The van der Waals surface area contributed by atoms with Crippen molar-refractivity contribution in [3.05, 3.63) is 60.3 Å². The summed E-state index contributed by atoms with van der Waals surface area (Å²) in [5.74, 6) is 0.646. The van der Waals surface area contributed by atoms with Gasteiger partial charge in [0.2, 0.25) is 11.8 Å². The topological polar surface area (TPSA) is 73.2 Å². The molecule has 1 N–H and O–H groups in total. The van der Waals surface area contributed by atoms with Crippen molar-refractivity contribution in [2.75, 3.05) is 5.32 Å². The molecule has 32 heavy (non-hydrogen) atoms. The van der Waals surface area contributed by atoms with Gasteiger partial charge in [-0.05, 0) is 55.5 Å². The van der Waals surface area contributed by atoms with E-state index in [-0.39, 0.29) is 17.8 Å². The summed E-state index contributed by atoms with van der Waals surface area (Å²) in [4.78, 5) is 24.4. The molecule has 3 aromatic rings. The third-order valence-corrected chi connectivity index (χ3v) is 6.24. The highest BCUT2D eigenvalue weighted by atomic mass is 16.5. The Morgan fingerprint density at radius 3 is 2.28 bits per heavy atom. The summed E-state index contributed by atoms with van der Waals surface area (Å²) in [6.45, 7) is 1.41. The molecule has 2 saturated carbocycles. The minimum Gasteiger partial charge on any atom is -0.407 e. The van der Waals surface area contributed by atoms with Crippen LogP contribution in [0.3, 0.4) is 0 Å². The van der Waals surface area contributed by atoms with Crippen LogP contribution in [-0.4, -0.2) is 21.7 Å². The van der Waals surface area contributed by atoms with E-state index in [0.29, 0.717) is 11.8 Å². The first-order chi connectivity index (χ1) is 15.6. The predicted octanol–water partition coefficient (Wildman–Crippen LogP) is 5.47. The maximum absolute atomic E-state index is 12.5. The number of esters is 1. The molecule has 6 nitrogen and oxygen atoms in total. The number of para-hydroxylation sites is 1. The quantitative estimate of drug-likeness (QED) is 0.527. The maximum atomic E-state index is 12.5. The molecule has 5 rings (SSSR count). The highest BCUT2D eigenvalue weighted by Crippen LogP contribution is 2.48. The second kappa shape index (κ2) is 8.61. The number of nitrogens with one attached hydrogen (secondary N) is 1. The number of benzene rings is 2. The number of rotatable bonds is 6. The minimum absolute atomic E-state index is 0.103. The number of amides is 1. The van der Waals surface area contributed by atoms with Crippen molar-refractivity contribution in [1.29, 1.82) is 0 Å². The Morgan fingerprint density at radius 1 is 0.969 bits per heavy atom. The first-order valence-electron chi connectivity index (χ1n) is 11.4. The van der Waals surface area contributed by atoms with Gasteiger partial charge in [0.15, 0.2) is 0 Å². The second-order valence-electron chi connectivity index (χ2n) is 8.73. The third kappa shape index (κ3) is 4.17. The number of carbonyl (C=O) groups excluding carboxylic acids is 2. The summed E-state index contributed by atoms with van der Waals surface area (Å²) in [5.41, 5.74) is 4.35. The molecule has 0 aliphatic heterocycles. The smallest absolute Gasteiger partial charge is 0.309 e. The summed E-state index contributed by atoms with van der Waals surface area (Å²) in [7, 11) is 0. The standard InChI is InChI=1S/C26H27N3O3/c1-17(30)32-26-23(24(19-11-12-19)28-29(26)22-9-3-2-4-10-22)18-13-15-21(16-14-18)27-25(31)20-7-5-6-8-20/h2-4,9-10,13-16,19-20H,5-8,11-12H2,1H3,(H,27,31). The maximum Gasteiger partial charge on any atom is 0.309 e. The molecule has 0 bridgehead atoms. The first-order valence-corrected chi connectivity index (χ1v) is 11.4. The van der Waals surface area contributed by atoms with E-state index in [4.69, 9.17) is 9.84 Å². The molecule has 0 unspecified atom stereocenters. The fourth-order valence-electron chi connectivity index (χ4n) is 4.46. The summed E-state index contributed by atoms with van der Waals surface area (Å²) in [5, 5.41) is 7.91. The van der Waals surface area contributed by atoms with Crippen LogP contribution in [0.15, 0.2) is 54.6 Å². The Bertz CT molecular complexity index is 1130. The van der Waals surface area contributed by atoms with Gasteiger partial charge in [0.05, 0.1) is 16.9 Å². The summed E-state index contributed by atoms with van der Waals surface area (Å²) in [6, 6.07) is 17.5. The highest BCUT2D eigenvalue weighted by Gasteiger charge is 2.34. The van der Waals surface area contributed by atoms with Crippen molar-refractivity contribution in [2.45, 2.75) is 51.4 Å². The number of aromatic nitrogens is 2. The summed E-state index contributed by atoms with van der Waals surface area (Å²) in [6.07, 6.45) is 6.36. The van der Waals surface area contributed by atoms with Gasteiger partial charge in [0.1, 0.15) is 0 Å². The average molecular weight is 430 g/mol. The Balaban J connectivity index is 1.51. The molecule has 1 heterocycles. The fourth-order valence-corrected chi connectivity index (χ4v) is 4.46. The van der Waals surface area contributed by atoms with Gasteiger partial charge < -0.3 is 10.1 Å². The average Bonchev–Trinajstić information content (AvgIpc) is 3.35. The van der Waals surface area contributed by atoms with E-state index >= 15 is 0 Å². The molecule has 164 valence electrons. The minimum atomic E-state index is -0.383. The highest BCUT2D eigenvalue weighted by molar-refractivity contribution is 5.93. The van der Waals surface area contributed by atoms with Gasteiger partial charge in [-0.1, -0.05) is 43.2 Å². The van der Waals surface area contributed by atoms with Crippen LogP contribution in [0.25, 0.3) is 16.8 Å². The van der Waals surface area contributed by atoms with Crippen molar-refractivity contribution < 1.29 is 14.3 Å².